The fourth-order valence-corrected chi connectivity index (χ4v) is 2.10. The van der Waals surface area contributed by atoms with Gasteiger partial charge in [-0.2, -0.15) is 0 Å². The molecule has 0 bridgehead atoms. The van der Waals surface area contributed by atoms with Crippen molar-refractivity contribution in [3.8, 4) is 0 Å². The molecule has 2 heterocycles. The average molecular weight is 240 g/mol. The van der Waals surface area contributed by atoms with E-state index >= 15 is 0 Å². The van der Waals surface area contributed by atoms with Crippen molar-refractivity contribution < 1.29 is 9.47 Å². The van der Waals surface area contributed by atoms with Crippen LogP contribution in [0.1, 0.15) is 23.5 Å². The Kier molecular flexibility index (Phi) is 4.04. The molecular formula is C11H16N2O2S. The third kappa shape index (κ3) is 2.66. The highest BCUT2D eigenvalue weighted by Crippen LogP contribution is 2.15. The molecule has 5 heteroatoms. The van der Waals surface area contributed by atoms with Gasteiger partial charge in [0.05, 0.1) is 13.2 Å². The summed E-state index contributed by atoms with van der Waals surface area (Å²) in [5.74, 6) is 0.961. The van der Waals surface area contributed by atoms with Gasteiger partial charge in [-0.15, -0.1) is 0 Å². The van der Waals surface area contributed by atoms with Crippen molar-refractivity contribution in [3.63, 3.8) is 0 Å². The molecule has 0 atom stereocenters. The van der Waals surface area contributed by atoms with Crippen LogP contribution in [-0.2, 0) is 28.9 Å². The third-order valence-corrected chi connectivity index (χ3v) is 3.00. The van der Waals surface area contributed by atoms with E-state index in [1.807, 2.05) is 0 Å². The van der Waals surface area contributed by atoms with Crippen molar-refractivity contribution in [2.24, 2.45) is 0 Å². The number of hydrogen-bond donors (Lipinski definition) is 1. The van der Waals surface area contributed by atoms with Gasteiger partial charge in [0, 0.05) is 37.8 Å². The number of H-pyrrole nitrogens is 1. The minimum Gasteiger partial charge on any atom is -0.385 e. The summed E-state index contributed by atoms with van der Waals surface area (Å²) in [6.07, 6.45) is 2.74. The average Bonchev–Trinajstić information content (AvgIpc) is 2.30. The van der Waals surface area contributed by atoms with Crippen molar-refractivity contribution in [1.82, 2.24) is 9.97 Å². The van der Waals surface area contributed by atoms with Gasteiger partial charge in [0.15, 0.2) is 0 Å². The van der Waals surface area contributed by atoms with Crippen molar-refractivity contribution in [3.05, 3.63) is 21.7 Å². The molecule has 0 radical (unpaired) electrons. The lowest BCUT2D eigenvalue weighted by atomic mass is 10.1. The molecule has 0 unspecified atom stereocenters. The van der Waals surface area contributed by atoms with E-state index in [1.54, 1.807) is 7.11 Å². The van der Waals surface area contributed by atoms with Crippen molar-refractivity contribution >= 4 is 12.2 Å². The van der Waals surface area contributed by atoms with E-state index < -0.39 is 0 Å². The second-order valence-electron chi connectivity index (χ2n) is 3.84. The maximum absolute atomic E-state index is 5.37. The predicted molar refractivity (Wildman–Crippen MR) is 63.0 cm³/mol. The number of nitrogens with one attached hydrogen (secondary N) is 1. The van der Waals surface area contributed by atoms with Crippen LogP contribution >= 0.6 is 12.2 Å². The highest BCUT2D eigenvalue weighted by molar-refractivity contribution is 7.71. The van der Waals surface area contributed by atoms with Gasteiger partial charge in [0.1, 0.15) is 10.5 Å². The van der Waals surface area contributed by atoms with Gasteiger partial charge in [-0.1, -0.05) is 12.2 Å². The Bertz CT molecular complexity index is 417. The van der Waals surface area contributed by atoms with Crippen LogP contribution in [0.3, 0.4) is 0 Å². The summed E-state index contributed by atoms with van der Waals surface area (Å²) >= 11 is 5.26. The first kappa shape index (κ1) is 11.7. The van der Waals surface area contributed by atoms with E-state index in [0.29, 0.717) is 11.2 Å². The van der Waals surface area contributed by atoms with Crippen molar-refractivity contribution in [2.75, 3.05) is 20.3 Å². The molecule has 0 fully saturated rings. The predicted octanol–water partition coefficient (Wildman–Crippen LogP) is 1.79. The zero-order valence-electron chi connectivity index (χ0n) is 9.41. The molecule has 0 spiro atoms. The summed E-state index contributed by atoms with van der Waals surface area (Å²) in [4.78, 5) is 7.73. The molecule has 1 N–H and O–H groups in total. The van der Waals surface area contributed by atoms with E-state index in [-0.39, 0.29) is 0 Å². The first-order chi connectivity index (χ1) is 7.81. The topological polar surface area (TPSA) is 47.1 Å². The standard InChI is InChI=1S/C11H16N2O2S/c1-14-5-2-3-10-12-9-4-6-15-7-8(9)11(16)13-10/h2-7H2,1H3,(H,12,13,16). The second-order valence-corrected chi connectivity index (χ2v) is 4.23. The van der Waals surface area contributed by atoms with E-state index in [1.165, 1.54) is 5.69 Å². The summed E-state index contributed by atoms with van der Waals surface area (Å²) in [5.41, 5.74) is 2.25. The van der Waals surface area contributed by atoms with Crippen LogP contribution in [0.15, 0.2) is 0 Å². The van der Waals surface area contributed by atoms with Gasteiger partial charge in [0.2, 0.25) is 0 Å². The molecule has 0 aromatic carbocycles. The minimum atomic E-state index is 0.593. The molecule has 0 aliphatic carbocycles. The number of nitrogens with zero attached hydrogens (tertiary/aromatic N) is 1. The number of ether oxygens (including phenoxy) is 2. The molecule has 88 valence electrons. The first-order valence-corrected chi connectivity index (χ1v) is 5.89. The molecule has 1 aromatic heterocycles. The number of aromatic nitrogens is 2. The lowest BCUT2D eigenvalue weighted by Crippen LogP contribution is -2.15. The number of methoxy groups -OCH3 is 1. The van der Waals surface area contributed by atoms with Crippen LogP contribution in [0.25, 0.3) is 0 Å². The Morgan fingerprint density at radius 2 is 2.44 bits per heavy atom. The van der Waals surface area contributed by atoms with Crippen LogP contribution in [-0.4, -0.2) is 30.3 Å². The van der Waals surface area contributed by atoms with Crippen molar-refractivity contribution in [1.29, 1.82) is 0 Å². The van der Waals surface area contributed by atoms with Gasteiger partial charge in [0.25, 0.3) is 0 Å². The molecule has 4 nitrogen and oxygen atoms in total. The summed E-state index contributed by atoms with van der Waals surface area (Å²) in [6.45, 7) is 2.11. The van der Waals surface area contributed by atoms with E-state index in [0.717, 1.165) is 43.9 Å². The fourth-order valence-electron chi connectivity index (χ4n) is 1.81. The van der Waals surface area contributed by atoms with Gasteiger partial charge < -0.3 is 14.5 Å². The molecule has 1 aromatic rings. The van der Waals surface area contributed by atoms with Gasteiger partial charge in [-0.25, -0.2) is 4.98 Å². The third-order valence-electron chi connectivity index (χ3n) is 2.66. The molecule has 0 saturated carbocycles. The van der Waals surface area contributed by atoms with Crippen LogP contribution in [0, 0.1) is 4.64 Å². The van der Waals surface area contributed by atoms with E-state index in [2.05, 4.69) is 9.97 Å². The number of hydrogen-bond acceptors (Lipinski definition) is 4. The number of aromatic amines is 1. The second kappa shape index (κ2) is 5.52. The van der Waals surface area contributed by atoms with E-state index in [4.69, 9.17) is 21.7 Å². The molecule has 1 aliphatic heterocycles. The molecule has 0 saturated heterocycles. The SMILES string of the molecule is COCCCc1nc(=S)c2c([nH]1)CCOC2. The normalized spacial score (nSPS) is 14.8. The fraction of sp³-hybridized carbons (Fsp3) is 0.636. The minimum absolute atomic E-state index is 0.593. The largest absolute Gasteiger partial charge is 0.385 e. The molecule has 1 aliphatic rings. The van der Waals surface area contributed by atoms with Gasteiger partial charge in [-0.3, -0.25) is 0 Å². The molecule has 16 heavy (non-hydrogen) atoms. The van der Waals surface area contributed by atoms with Crippen LogP contribution < -0.4 is 0 Å². The first-order valence-electron chi connectivity index (χ1n) is 5.49. The Balaban J connectivity index is 2.15. The Morgan fingerprint density at radius 1 is 1.56 bits per heavy atom. The zero-order chi connectivity index (χ0) is 11.4. The van der Waals surface area contributed by atoms with Crippen LogP contribution in [0.2, 0.25) is 0 Å². The summed E-state index contributed by atoms with van der Waals surface area (Å²) in [7, 11) is 1.71. The lowest BCUT2D eigenvalue weighted by Gasteiger charge is -2.17. The molecular weight excluding hydrogens is 224 g/mol. The maximum atomic E-state index is 5.37. The van der Waals surface area contributed by atoms with Crippen LogP contribution in [0.5, 0.6) is 0 Å². The monoisotopic (exact) mass is 240 g/mol. The summed E-state index contributed by atoms with van der Waals surface area (Å²) in [5, 5.41) is 0. The number of fused-ring (bicyclic) bond motifs is 1. The van der Waals surface area contributed by atoms with Crippen molar-refractivity contribution in [2.45, 2.75) is 25.9 Å². The van der Waals surface area contributed by atoms with Gasteiger partial charge in [-0.05, 0) is 6.42 Å². The highest BCUT2D eigenvalue weighted by Gasteiger charge is 2.13. The molecule has 0 amide bonds. The summed E-state index contributed by atoms with van der Waals surface area (Å²) in [6, 6.07) is 0. The maximum Gasteiger partial charge on any atom is 0.135 e. The smallest absolute Gasteiger partial charge is 0.135 e. The zero-order valence-corrected chi connectivity index (χ0v) is 10.2. The highest BCUT2D eigenvalue weighted by atomic mass is 32.1. The summed E-state index contributed by atoms with van der Waals surface area (Å²) < 4.78 is 11.1. The molecule has 2 rings (SSSR count). The Labute approximate surface area is 100 Å². The Hall–Kier alpha value is -0.780. The van der Waals surface area contributed by atoms with Crippen LogP contribution in [0.4, 0.5) is 0 Å². The van der Waals surface area contributed by atoms with E-state index in [9.17, 15) is 0 Å². The van der Waals surface area contributed by atoms with Gasteiger partial charge >= 0.3 is 0 Å². The number of aryl methyl sites for hydroxylation is 1. The lowest BCUT2D eigenvalue weighted by molar-refractivity contribution is 0.108. The quantitative estimate of drug-likeness (QED) is 0.644. The number of rotatable bonds is 4. The Morgan fingerprint density at radius 3 is 3.25 bits per heavy atom.